The van der Waals surface area contributed by atoms with Gasteiger partial charge in [0.05, 0.1) is 6.54 Å². The Hall–Kier alpha value is -1.85. The molecule has 0 fully saturated rings. The second-order valence-electron chi connectivity index (χ2n) is 4.29. The third-order valence-corrected chi connectivity index (χ3v) is 2.98. The summed E-state index contributed by atoms with van der Waals surface area (Å²) in [6.45, 7) is 1.03. The van der Waals surface area contributed by atoms with E-state index in [2.05, 4.69) is 15.6 Å². The molecule has 0 saturated carbocycles. The number of amides is 1. The fourth-order valence-electron chi connectivity index (χ4n) is 1.71. The van der Waals surface area contributed by atoms with E-state index >= 15 is 0 Å². The van der Waals surface area contributed by atoms with Crippen molar-refractivity contribution in [2.24, 2.45) is 0 Å². The average Bonchev–Trinajstić information content (AvgIpc) is 2.90. The Bertz CT molecular complexity index is 566. The Kier molecular flexibility index (Phi) is 5.15. The molecule has 2 rings (SSSR count). The second-order valence-corrected chi connectivity index (χ2v) is 4.73. The van der Waals surface area contributed by atoms with Crippen LogP contribution in [0.25, 0.3) is 0 Å². The fraction of sp³-hybridized carbons (Fsp3) is 0.286. The number of oxazole rings is 1. The minimum absolute atomic E-state index is 0.231. The van der Waals surface area contributed by atoms with Gasteiger partial charge in [0, 0.05) is 11.6 Å². The third kappa shape index (κ3) is 4.08. The van der Waals surface area contributed by atoms with E-state index in [-0.39, 0.29) is 5.91 Å². The smallest absolute Gasteiger partial charge is 0.273 e. The molecular weight excluding hydrogens is 278 g/mol. The van der Waals surface area contributed by atoms with Crippen molar-refractivity contribution in [3.63, 3.8) is 0 Å². The molecule has 0 unspecified atom stereocenters. The number of hydrogen-bond donors (Lipinski definition) is 2. The molecule has 2 aromatic rings. The van der Waals surface area contributed by atoms with Gasteiger partial charge in [-0.15, -0.1) is 0 Å². The van der Waals surface area contributed by atoms with Crippen molar-refractivity contribution >= 4 is 17.5 Å². The van der Waals surface area contributed by atoms with Gasteiger partial charge in [-0.25, -0.2) is 4.98 Å². The summed E-state index contributed by atoms with van der Waals surface area (Å²) in [6, 6.07) is 7.55. The molecule has 0 bridgehead atoms. The highest BCUT2D eigenvalue weighted by molar-refractivity contribution is 6.30. The van der Waals surface area contributed by atoms with Crippen molar-refractivity contribution in [1.82, 2.24) is 15.6 Å². The maximum absolute atomic E-state index is 11.8. The Labute approximate surface area is 122 Å². The van der Waals surface area contributed by atoms with Crippen LogP contribution in [0.2, 0.25) is 5.02 Å². The quantitative estimate of drug-likeness (QED) is 0.855. The van der Waals surface area contributed by atoms with Crippen LogP contribution in [0, 0.1) is 0 Å². The Morgan fingerprint density at radius 1 is 1.35 bits per heavy atom. The molecular formula is C14H16ClN3O2. The number of nitrogens with one attached hydrogen (secondary N) is 2. The molecule has 1 aromatic heterocycles. The predicted molar refractivity (Wildman–Crippen MR) is 76.8 cm³/mol. The van der Waals surface area contributed by atoms with Gasteiger partial charge in [-0.2, -0.15) is 0 Å². The van der Waals surface area contributed by atoms with Crippen molar-refractivity contribution in [3.8, 4) is 0 Å². The molecule has 0 atom stereocenters. The number of benzene rings is 1. The van der Waals surface area contributed by atoms with E-state index in [9.17, 15) is 4.79 Å². The second kappa shape index (κ2) is 7.07. The Balaban J connectivity index is 1.81. The highest BCUT2D eigenvalue weighted by Gasteiger charge is 2.11. The van der Waals surface area contributed by atoms with Crippen LogP contribution >= 0.6 is 11.6 Å². The molecule has 0 aliphatic heterocycles. The van der Waals surface area contributed by atoms with E-state index in [1.54, 1.807) is 7.05 Å². The van der Waals surface area contributed by atoms with Gasteiger partial charge < -0.3 is 15.1 Å². The molecule has 0 saturated heterocycles. The van der Waals surface area contributed by atoms with E-state index in [1.807, 2.05) is 24.3 Å². The van der Waals surface area contributed by atoms with Crippen LogP contribution in [0.15, 0.2) is 34.9 Å². The summed E-state index contributed by atoms with van der Waals surface area (Å²) < 4.78 is 5.15. The van der Waals surface area contributed by atoms with Crippen LogP contribution in [-0.4, -0.2) is 24.5 Å². The lowest BCUT2D eigenvalue weighted by atomic mass is 10.1. The lowest BCUT2D eigenvalue weighted by Gasteiger charge is -2.03. The zero-order chi connectivity index (χ0) is 14.4. The zero-order valence-electron chi connectivity index (χ0n) is 11.1. The number of aromatic nitrogens is 1. The largest absolute Gasteiger partial charge is 0.447 e. The SMILES string of the molecule is CNCc1nc(C(=O)NCCc2ccc(Cl)cc2)co1. The normalized spacial score (nSPS) is 10.5. The molecule has 1 heterocycles. The van der Waals surface area contributed by atoms with Gasteiger partial charge in [-0.3, -0.25) is 4.79 Å². The van der Waals surface area contributed by atoms with Gasteiger partial charge in [0.1, 0.15) is 6.26 Å². The van der Waals surface area contributed by atoms with Crippen molar-refractivity contribution in [2.45, 2.75) is 13.0 Å². The van der Waals surface area contributed by atoms with Gasteiger partial charge in [-0.1, -0.05) is 23.7 Å². The summed E-state index contributed by atoms with van der Waals surface area (Å²) >= 11 is 5.81. The summed E-state index contributed by atoms with van der Waals surface area (Å²) in [5, 5.41) is 6.42. The van der Waals surface area contributed by atoms with Gasteiger partial charge in [0.25, 0.3) is 5.91 Å². The highest BCUT2D eigenvalue weighted by atomic mass is 35.5. The molecule has 6 heteroatoms. The van der Waals surface area contributed by atoms with E-state index in [0.29, 0.717) is 29.7 Å². The van der Waals surface area contributed by atoms with Gasteiger partial charge in [-0.05, 0) is 31.2 Å². The van der Waals surface area contributed by atoms with Crippen LogP contribution < -0.4 is 10.6 Å². The molecule has 0 aliphatic carbocycles. The highest BCUT2D eigenvalue weighted by Crippen LogP contribution is 2.09. The summed E-state index contributed by atoms with van der Waals surface area (Å²) in [5.41, 5.74) is 1.41. The summed E-state index contributed by atoms with van der Waals surface area (Å²) in [7, 11) is 1.79. The maximum Gasteiger partial charge on any atom is 0.273 e. The van der Waals surface area contributed by atoms with Crippen LogP contribution in [0.3, 0.4) is 0 Å². The maximum atomic E-state index is 11.8. The first-order valence-corrected chi connectivity index (χ1v) is 6.68. The summed E-state index contributed by atoms with van der Waals surface area (Å²) in [4.78, 5) is 15.9. The minimum atomic E-state index is -0.231. The number of hydrogen-bond acceptors (Lipinski definition) is 4. The number of rotatable bonds is 6. The molecule has 5 nitrogen and oxygen atoms in total. The Morgan fingerprint density at radius 2 is 2.10 bits per heavy atom. The lowest BCUT2D eigenvalue weighted by Crippen LogP contribution is -2.26. The average molecular weight is 294 g/mol. The molecule has 0 spiro atoms. The summed E-state index contributed by atoms with van der Waals surface area (Å²) in [5.74, 6) is 0.264. The monoisotopic (exact) mass is 293 g/mol. The van der Waals surface area contributed by atoms with Crippen molar-refractivity contribution in [2.75, 3.05) is 13.6 Å². The molecule has 106 valence electrons. The van der Waals surface area contributed by atoms with Crippen molar-refractivity contribution in [3.05, 3.63) is 52.7 Å². The van der Waals surface area contributed by atoms with Gasteiger partial charge in [0.15, 0.2) is 5.69 Å². The number of halogens is 1. The van der Waals surface area contributed by atoms with Gasteiger partial charge >= 0.3 is 0 Å². The van der Waals surface area contributed by atoms with E-state index < -0.39 is 0 Å². The zero-order valence-corrected chi connectivity index (χ0v) is 11.9. The first-order chi connectivity index (χ1) is 9.69. The molecule has 1 aromatic carbocycles. The first-order valence-electron chi connectivity index (χ1n) is 6.30. The Morgan fingerprint density at radius 3 is 2.80 bits per heavy atom. The van der Waals surface area contributed by atoms with Crippen LogP contribution in [0.5, 0.6) is 0 Å². The van der Waals surface area contributed by atoms with E-state index in [1.165, 1.54) is 6.26 Å². The number of carbonyl (C=O) groups is 1. The van der Waals surface area contributed by atoms with Gasteiger partial charge in [0.2, 0.25) is 5.89 Å². The molecule has 1 amide bonds. The van der Waals surface area contributed by atoms with Crippen LogP contribution in [0.4, 0.5) is 0 Å². The number of carbonyl (C=O) groups excluding carboxylic acids is 1. The van der Waals surface area contributed by atoms with E-state index in [4.69, 9.17) is 16.0 Å². The first kappa shape index (κ1) is 14.6. The van der Waals surface area contributed by atoms with Crippen LogP contribution in [-0.2, 0) is 13.0 Å². The molecule has 0 aliphatic rings. The number of nitrogens with zero attached hydrogens (tertiary/aromatic N) is 1. The standard InChI is InChI=1S/C14H16ClN3O2/c1-16-8-13-18-12(9-20-13)14(19)17-7-6-10-2-4-11(15)5-3-10/h2-5,9,16H,6-8H2,1H3,(H,17,19). The minimum Gasteiger partial charge on any atom is -0.447 e. The topological polar surface area (TPSA) is 67.2 Å². The molecule has 0 radical (unpaired) electrons. The third-order valence-electron chi connectivity index (χ3n) is 2.72. The van der Waals surface area contributed by atoms with E-state index in [0.717, 1.165) is 12.0 Å². The van der Waals surface area contributed by atoms with Crippen molar-refractivity contribution in [1.29, 1.82) is 0 Å². The predicted octanol–water partition coefficient (Wildman–Crippen LogP) is 2.02. The summed E-state index contributed by atoms with van der Waals surface area (Å²) in [6.07, 6.45) is 2.11. The van der Waals surface area contributed by atoms with Crippen LogP contribution in [0.1, 0.15) is 21.9 Å². The lowest BCUT2D eigenvalue weighted by molar-refractivity contribution is 0.0949. The fourth-order valence-corrected chi connectivity index (χ4v) is 1.84. The van der Waals surface area contributed by atoms with Crippen molar-refractivity contribution < 1.29 is 9.21 Å². The molecule has 2 N–H and O–H groups in total. The molecule has 20 heavy (non-hydrogen) atoms.